The summed E-state index contributed by atoms with van der Waals surface area (Å²) < 4.78 is 0. The topological polar surface area (TPSA) is 78.1 Å². The van der Waals surface area contributed by atoms with Crippen molar-refractivity contribution in [2.45, 2.75) is 32.7 Å². The maximum absolute atomic E-state index is 12.8. The van der Waals surface area contributed by atoms with E-state index in [1.165, 1.54) is 0 Å². The molecule has 1 aromatic heterocycles. The van der Waals surface area contributed by atoms with Crippen LogP contribution in [0.4, 0.5) is 0 Å². The first-order valence-electron chi connectivity index (χ1n) is 9.49. The summed E-state index contributed by atoms with van der Waals surface area (Å²) in [6, 6.07) is 7.69. The van der Waals surface area contributed by atoms with Gasteiger partial charge < -0.3 is 15.2 Å². The van der Waals surface area contributed by atoms with E-state index in [4.69, 9.17) is 0 Å². The standard InChI is InChI=1S/C20H28N4O2S/c1-13(2)11-24-12-14(10-18(24)25)20(26)23-17(8-9-27-3)19-21-15-6-4-5-7-16(15)22-19/h4-7,13-14,17H,8-12H2,1-3H3,(H,21,22)(H,23,26)/t14-,17-/m0/s1. The Morgan fingerprint density at radius 2 is 2.19 bits per heavy atom. The van der Waals surface area contributed by atoms with E-state index in [2.05, 4.69) is 35.4 Å². The van der Waals surface area contributed by atoms with Crippen molar-refractivity contribution in [1.82, 2.24) is 20.2 Å². The molecule has 2 N–H and O–H groups in total. The molecule has 0 spiro atoms. The number of aromatic nitrogens is 2. The Bertz CT molecular complexity index is 771. The van der Waals surface area contributed by atoms with Crippen LogP contribution in [0.3, 0.4) is 0 Å². The van der Waals surface area contributed by atoms with Crippen molar-refractivity contribution in [2.24, 2.45) is 11.8 Å². The third kappa shape index (κ3) is 4.83. The highest BCUT2D eigenvalue weighted by Crippen LogP contribution is 2.23. The minimum Gasteiger partial charge on any atom is -0.346 e. The highest BCUT2D eigenvalue weighted by atomic mass is 32.2. The third-order valence-corrected chi connectivity index (χ3v) is 5.48. The normalized spacial score (nSPS) is 18.4. The van der Waals surface area contributed by atoms with Gasteiger partial charge in [0.1, 0.15) is 5.82 Å². The van der Waals surface area contributed by atoms with Gasteiger partial charge in [0.15, 0.2) is 0 Å². The van der Waals surface area contributed by atoms with Crippen molar-refractivity contribution in [1.29, 1.82) is 0 Å². The average Bonchev–Trinajstić information content (AvgIpc) is 3.22. The number of nitrogens with zero attached hydrogens (tertiary/aromatic N) is 2. The van der Waals surface area contributed by atoms with Gasteiger partial charge >= 0.3 is 0 Å². The molecule has 1 aliphatic heterocycles. The van der Waals surface area contributed by atoms with Crippen molar-refractivity contribution < 1.29 is 9.59 Å². The van der Waals surface area contributed by atoms with Gasteiger partial charge in [0.2, 0.25) is 11.8 Å². The molecule has 0 unspecified atom stereocenters. The van der Waals surface area contributed by atoms with Crippen LogP contribution in [0.5, 0.6) is 0 Å². The molecule has 2 heterocycles. The number of nitrogens with one attached hydrogen (secondary N) is 2. The summed E-state index contributed by atoms with van der Waals surface area (Å²) >= 11 is 1.74. The molecule has 1 aliphatic rings. The molecule has 2 atom stereocenters. The predicted octanol–water partition coefficient (Wildman–Crippen LogP) is 2.98. The van der Waals surface area contributed by atoms with Gasteiger partial charge in [-0.3, -0.25) is 9.59 Å². The molecule has 27 heavy (non-hydrogen) atoms. The fourth-order valence-corrected chi connectivity index (χ4v) is 3.98. The zero-order chi connectivity index (χ0) is 19.4. The number of benzene rings is 1. The van der Waals surface area contributed by atoms with Crippen molar-refractivity contribution >= 4 is 34.6 Å². The first-order valence-corrected chi connectivity index (χ1v) is 10.9. The second-order valence-corrected chi connectivity index (χ2v) is 8.56. The van der Waals surface area contributed by atoms with E-state index in [9.17, 15) is 9.59 Å². The Labute approximate surface area is 164 Å². The Balaban J connectivity index is 1.70. The number of hydrogen-bond donors (Lipinski definition) is 2. The lowest BCUT2D eigenvalue weighted by Gasteiger charge is -2.20. The Morgan fingerprint density at radius 1 is 1.41 bits per heavy atom. The molecule has 2 aromatic rings. The Kier molecular flexibility index (Phi) is 6.42. The molecule has 1 fully saturated rings. The monoisotopic (exact) mass is 388 g/mol. The molecular formula is C20H28N4O2S. The van der Waals surface area contributed by atoms with Gasteiger partial charge in [-0.05, 0) is 36.5 Å². The molecular weight excluding hydrogens is 360 g/mol. The number of imidazole rings is 1. The lowest BCUT2D eigenvalue weighted by atomic mass is 10.1. The minimum atomic E-state index is -0.280. The second kappa shape index (κ2) is 8.78. The zero-order valence-electron chi connectivity index (χ0n) is 16.2. The van der Waals surface area contributed by atoms with Crippen LogP contribution in [0.2, 0.25) is 0 Å². The number of rotatable bonds is 8. The molecule has 6 nitrogen and oxygen atoms in total. The zero-order valence-corrected chi connectivity index (χ0v) is 17.0. The van der Waals surface area contributed by atoms with Crippen LogP contribution in [0.15, 0.2) is 24.3 Å². The van der Waals surface area contributed by atoms with E-state index in [-0.39, 0.29) is 23.8 Å². The number of thioether (sulfide) groups is 1. The van der Waals surface area contributed by atoms with Gasteiger partial charge in [-0.25, -0.2) is 4.98 Å². The van der Waals surface area contributed by atoms with E-state index in [1.54, 1.807) is 11.8 Å². The van der Waals surface area contributed by atoms with Gasteiger partial charge in [0, 0.05) is 19.5 Å². The molecule has 2 amide bonds. The van der Waals surface area contributed by atoms with Crippen LogP contribution in [-0.2, 0) is 9.59 Å². The van der Waals surface area contributed by atoms with Crippen LogP contribution in [-0.4, -0.2) is 51.8 Å². The smallest absolute Gasteiger partial charge is 0.226 e. The molecule has 0 aliphatic carbocycles. The first kappa shape index (κ1) is 19.7. The van der Waals surface area contributed by atoms with Crippen molar-refractivity contribution in [3.63, 3.8) is 0 Å². The number of likely N-dealkylation sites (tertiary alicyclic amines) is 1. The summed E-state index contributed by atoms with van der Waals surface area (Å²) in [4.78, 5) is 34.8. The number of carbonyl (C=O) groups is 2. The lowest BCUT2D eigenvalue weighted by molar-refractivity contribution is -0.129. The van der Waals surface area contributed by atoms with Crippen LogP contribution in [0.25, 0.3) is 11.0 Å². The van der Waals surface area contributed by atoms with E-state index >= 15 is 0 Å². The fraction of sp³-hybridized carbons (Fsp3) is 0.550. The largest absolute Gasteiger partial charge is 0.346 e. The van der Waals surface area contributed by atoms with Gasteiger partial charge in [-0.15, -0.1) is 0 Å². The molecule has 0 bridgehead atoms. The Morgan fingerprint density at radius 3 is 2.89 bits per heavy atom. The van der Waals surface area contributed by atoms with Crippen LogP contribution in [0, 0.1) is 11.8 Å². The number of H-pyrrole nitrogens is 1. The van der Waals surface area contributed by atoms with Crippen LogP contribution in [0.1, 0.15) is 38.6 Å². The number of para-hydroxylation sites is 2. The van der Waals surface area contributed by atoms with Gasteiger partial charge in [-0.2, -0.15) is 11.8 Å². The molecule has 1 aromatic carbocycles. The molecule has 146 valence electrons. The first-order chi connectivity index (χ1) is 13.0. The molecule has 1 saturated heterocycles. The van der Waals surface area contributed by atoms with Crippen molar-refractivity contribution in [2.75, 3.05) is 25.1 Å². The number of fused-ring (bicyclic) bond motifs is 1. The molecule has 0 radical (unpaired) electrons. The Hall–Kier alpha value is -2.02. The maximum atomic E-state index is 12.8. The van der Waals surface area contributed by atoms with Gasteiger partial charge in [0.05, 0.1) is 23.0 Å². The third-order valence-electron chi connectivity index (χ3n) is 4.84. The molecule has 3 rings (SSSR count). The lowest BCUT2D eigenvalue weighted by Crippen LogP contribution is -2.36. The van der Waals surface area contributed by atoms with Crippen LogP contribution >= 0.6 is 11.8 Å². The number of amides is 2. The van der Waals surface area contributed by atoms with Gasteiger partial charge in [-0.1, -0.05) is 26.0 Å². The highest BCUT2D eigenvalue weighted by Gasteiger charge is 2.35. The summed E-state index contributed by atoms with van der Waals surface area (Å²) in [5.41, 5.74) is 1.87. The number of carbonyl (C=O) groups excluding carboxylic acids is 2. The molecule has 7 heteroatoms. The maximum Gasteiger partial charge on any atom is 0.226 e. The van der Waals surface area contributed by atoms with E-state index < -0.39 is 0 Å². The van der Waals surface area contributed by atoms with Gasteiger partial charge in [0.25, 0.3) is 0 Å². The molecule has 0 saturated carbocycles. The van der Waals surface area contributed by atoms with Crippen LogP contribution < -0.4 is 5.32 Å². The van der Waals surface area contributed by atoms with Crippen molar-refractivity contribution in [3.05, 3.63) is 30.1 Å². The van der Waals surface area contributed by atoms with E-state index in [1.807, 2.05) is 29.2 Å². The minimum absolute atomic E-state index is 0.0545. The summed E-state index contributed by atoms with van der Waals surface area (Å²) in [6.45, 7) is 5.39. The fourth-order valence-electron chi connectivity index (χ4n) is 3.51. The summed E-state index contributed by atoms with van der Waals surface area (Å²) in [5, 5.41) is 3.14. The highest BCUT2D eigenvalue weighted by molar-refractivity contribution is 7.98. The average molecular weight is 389 g/mol. The summed E-state index contributed by atoms with van der Waals surface area (Å²) in [7, 11) is 0. The SMILES string of the molecule is CSCC[C@H](NC(=O)[C@H]1CC(=O)N(CC(C)C)C1)c1nc2ccccc2[nH]1. The predicted molar refractivity (Wildman–Crippen MR) is 110 cm³/mol. The summed E-state index contributed by atoms with van der Waals surface area (Å²) in [5.74, 6) is 1.85. The number of aromatic amines is 1. The quantitative estimate of drug-likeness (QED) is 0.729. The summed E-state index contributed by atoms with van der Waals surface area (Å²) in [6.07, 6.45) is 3.15. The second-order valence-electron chi connectivity index (χ2n) is 7.58. The van der Waals surface area contributed by atoms with E-state index in [0.717, 1.165) is 29.0 Å². The number of hydrogen-bond acceptors (Lipinski definition) is 4. The van der Waals surface area contributed by atoms with E-state index in [0.29, 0.717) is 25.4 Å². The van der Waals surface area contributed by atoms with Crippen molar-refractivity contribution in [3.8, 4) is 0 Å².